The van der Waals surface area contributed by atoms with Crippen LogP contribution in [0.25, 0.3) is 0 Å². The van der Waals surface area contributed by atoms with Crippen molar-refractivity contribution in [1.82, 2.24) is 9.80 Å². The minimum absolute atomic E-state index is 0.334. The highest BCUT2D eigenvalue weighted by molar-refractivity contribution is 5.75. The Morgan fingerprint density at radius 2 is 2.14 bits per heavy atom. The number of piperidine rings is 1. The van der Waals surface area contributed by atoms with Gasteiger partial charge in [0.05, 0.1) is 18.6 Å². The first-order chi connectivity index (χ1) is 13.3. The number of para-hydroxylation sites is 1. The van der Waals surface area contributed by atoms with Gasteiger partial charge in [0.2, 0.25) is 0 Å². The summed E-state index contributed by atoms with van der Waals surface area (Å²) in [5, 5.41) is 20.4. The van der Waals surface area contributed by atoms with Crippen LogP contribution in [0.3, 0.4) is 0 Å². The lowest BCUT2D eigenvalue weighted by Gasteiger charge is -2.42. The van der Waals surface area contributed by atoms with E-state index in [9.17, 15) is 15.0 Å². The zero-order chi connectivity index (χ0) is 20.7. The van der Waals surface area contributed by atoms with E-state index in [-0.39, 0.29) is 0 Å². The Morgan fingerprint density at radius 3 is 2.71 bits per heavy atom. The number of rotatable bonds is 10. The van der Waals surface area contributed by atoms with Gasteiger partial charge in [-0.05, 0) is 39.5 Å². The summed E-state index contributed by atoms with van der Waals surface area (Å²) in [6.07, 6.45) is 0.791. The molecular formula is C21H34N2O5. The second-order valence-corrected chi connectivity index (χ2v) is 7.81. The van der Waals surface area contributed by atoms with Gasteiger partial charge in [0.25, 0.3) is 0 Å². The van der Waals surface area contributed by atoms with Crippen LogP contribution in [0, 0.1) is 5.41 Å². The van der Waals surface area contributed by atoms with Crippen molar-refractivity contribution in [2.45, 2.75) is 38.8 Å². The van der Waals surface area contributed by atoms with Crippen molar-refractivity contribution < 1.29 is 24.5 Å². The van der Waals surface area contributed by atoms with Crippen LogP contribution in [0.1, 0.15) is 31.7 Å². The maximum absolute atomic E-state index is 11.8. The molecule has 28 heavy (non-hydrogen) atoms. The molecule has 1 saturated heterocycles. The molecule has 2 rings (SSSR count). The molecular weight excluding hydrogens is 360 g/mol. The number of likely N-dealkylation sites (N-methyl/N-ethyl adjacent to an activating group) is 1. The lowest BCUT2D eigenvalue weighted by molar-refractivity contribution is -0.164. The Labute approximate surface area is 167 Å². The molecule has 1 fully saturated rings. The molecule has 1 aromatic carbocycles. The highest BCUT2D eigenvalue weighted by Gasteiger charge is 2.47. The Morgan fingerprint density at radius 1 is 1.39 bits per heavy atom. The van der Waals surface area contributed by atoms with Crippen molar-refractivity contribution in [3.05, 3.63) is 23.8 Å². The number of carboxylic acids is 1. The van der Waals surface area contributed by atoms with Crippen molar-refractivity contribution >= 4 is 5.97 Å². The molecule has 0 unspecified atom stereocenters. The van der Waals surface area contributed by atoms with Gasteiger partial charge in [-0.2, -0.15) is 0 Å². The topological polar surface area (TPSA) is 82.5 Å². The van der Waals surface area contributed by atoms with Gasteiger partial charge >= 0.3 is 5.97 Å². The van der Waals surface area contributed by atoms with Crippen LogP contribution in [-0.2, 0) is 11.3 Å². The van der Waals surface area contributed by atoms with E-state index in [1.165, 1.54) is 0 Å². The maximum Gasteiger partial charge on any atom is 0.312 e. The van der Waals surface area contributed by atoms with Crippen LogP contribution in [0.4, 0.5) is 0 Å². The Kier molecular flexibility index (Phi) is 8.10. The highest BCUT2D eigenvalue weighted by Crippen LogP contribution is 2.38. The third-order valence-electron chi connectivity index (χ3n) is 5.52. The van der Waals surface area contributed by atoms with Crippen LogP contribution in [0.5, 0.6) is 11.5 Å². The molecule has 2 atom stereocenters. The molecule has 2 N–H and O–H groups in total. The number of carboxylic acid groups (broad SMARTS) is 1. The van der Waals surface area contributed by atoms with Crippen molar-refractivity contribution in [2.75, 3.05) is 47.4 Å². The third-order valence-corrected chi connectivity index (χ3v) is 5.52. The molecule has 0 saturated carbocycles. The number of β-amino-alcohol motifs (C(OH)–C–C–N with tert-alkyl or cyclic N) is 1. The van der Waals surface area contributed by atoms with Gasteiger partial charge in [-0.25, -0.2) is 0 Å². The molecule has 0 aromatic heterocycles. The molecule has 1 aliphatic heterocycles. The fourth-order valence-corrected chi connectivity index (χ4v) is 3.85. The Hall–Kier alpha value is -1.83. The largest absolute Gasteiger partial charge is 0.493 e. The summed E-state index contributed by atoms with van der Waals surface area (Å²) in [6, 6.07) is 5.78. The predicted octanol–water partition coefficient (Wildman–Crippen LogP) is 2.07. The molecule has 7 heteroatoms. The number of ether oxygens (including phenoxy) is 2. The molecule has 0 radical (unpaired) electrons. The van der Waals surface area contributed by atoms with Crippen molar-refractivity contribution in [1.29, 1.82) is 0 Å². The number of hydrogen-bond donors (Lipinski definition) is 2. The van der Waals surface area contributed by atoms with E-state index in [2.05, 4.69) is 9.80 Å². The van der Waals surface area contributed by atoms with Crippen molar-refractivity contribution in [2.24, 2.45) is 5.41 Å². The van der Waals surface area contributed by atoms with Gasteiger partial charge in [-0.1, -0.05) is 25.5 Å². The number of aliphatic hydroxyl groups excluding tert-OH is 1. The summed E-state index contributed by atoms with van der Waals surface area (Å²) in [6.45, 7) is 4.82. The van der Waals surface area contributed by atoms with Gasteiger partial charge in [-0.3, -0.25) is 9.69 Å². The SMILES string of the molecule is CCC[C@]1(C(=O)O)CCN(Cc2cccc(OC)c2OCCN(C)C)C[C@@H]1O. The lowest BCUT2D eigenvalue weighted by Crippen LogP contribution is -2.54. The van der Waals surface area contributed by atoms with Crippen LogP contribution in [0.2, 0.25) is 0 Å². The smallest absolute Gasteiger partial charge is 0.312 e. The number of nitrogens with zero attached hydrogens (tertiary/aromatic N) is 2. The molecule has 0 spiro atoms. The molecule has 0 amide bonds. The van der Waals surface area contributed by atoms with E-state index in [0.717, 1.165) is 18.5 Å². The normalized spacial score (nSPS) is 23.0. The molecule has 0 aliphatic carbocycles. The molecule has 1 aliphatic rings. The van der Waals surface area contributed by atoms with Crippen molar-refractivity contribution in [3.63, 3.8) is 0 Å². The number of benzene rings is 1. The van der Waals surface area contributed by atoms with E-state index in [4.69, 9.17) is 9.47 Å². The van der Waals surface area contributed by atoms with Gasteiger partial charge in [0.1, 0.15) is 6.61 Å². The predicted molar refractivity (Wildman–Crippen MR) is 108 cm³/mol. The maximum atomic E-state index is 11.8. The summed E-state index contributed by atoms with van der Waals surface area (Å²) in [7, 11) is 5.60. The summed E-state index contributed by atoms with van der Waals surface area (Å²) in [5.74, 6) is 0.500. The zero-order valence-electron chi connectivity index (χ0n) is 17.5. The number of likely N-dealkylation sites (tertiary alicyclic amines) is 1. The summed E-state index contributed by atoms with van der Waals surface area (Å²) in [4.78, 5) is 16.0. The van der Waals surface area contributed by atoms with E-state index in [0.29, 0.717) is 50.6 Å². The van der Waals surface area contributed by atoms with E-state index < -0.39 is 17.5 Å². The van der Waals surface area contributed by atoms with Gasteiger partial charge in [0.15, 0.2) is 11.5 Å². The summed E-state index contributed by atoms with van der Waals surface area (Å²) < 4.78 is 11.5. The van der Waals surface area contributed by atoms with Crippen molar-refractivity contribution in [3.8, 4) is 11.5 Å². The number of hydrogen-bond acceptors (Lipinski definition) is 6. The molecule has 1 heterocycles. The average molecular weight is 395 g/mol. The zero-order valence-corrected chi connectivity index (χ0v) is 17.5. The lowest BCUT2D eigenvalue weighted by atomic mass is 9.72. The highest BCUT2D eigenvalue weighted by atomic mass is 16.5. The second kappa shape index (κ2) is 10.1. The molecule has 7 nitrogen and oxygen atoms in total. The van der Waals surface area contributed by atoms with E-state index in [1.54, 1.807) is 7.11 Å². The summed E-state index contributed by atoms with van der Waals surface area (Å²) >= 11 is 0. The Bertz CT molecular complexity index is 652. The minimum atomic E-state index is -1.04. The van der Waals surface area contributed by atoms with E-state index in [1.807, 2.05) is 39.2 Å². The average Bonchev–Trinajstić information content (AvgIpc) is 2.64. The quantitative estimate of drug-likeness (QED) is 0.629. The number of methoxy groups -OCH3 is 1. The first-order valence-corrected chi connectivity index (χ1v) is 9.91. The summed E-state index contributed by atoms with van der Waals surface area (Å²) in [5.41, 5.74) is -0.0615. The van der Waals surface area contributed by atoms with Crippen LogP contribution in [-0.4, -0.2) is 79.5 Å². The monoisotopic (exact) mass is 394 g/mol. The fourth-order valence-electron chi connectivity index (χ4n) is 3.85. The number of aliphatic hydroxyl groups is 1. The first-order valence-electron chi connectivity index (χ1n) is 9.91. The fraction of sp³-hybridized carbons (Fsp3) is 0.667. The molecule has 0 bridgehead atoms. The Balaban J connectivity index is 2.12. The van der Waals surface area contributed by atoms with Crippen LogP contribution < -0.4 is 9.47 Å². The number of carbonyl (C=O) groups is 1. The van der Waals surface area contributed by atoms with Gasteiger partial charge in [0, 0.05) is 25.2 Å². The van der Waals surface area contributed by atoms with Crippen LogP contribution in [0.15, 0.2) is 18.2 Å². The van der Waals surface area contributed by atoms with Gasteiger partial charge in [-0.15, -0.1) is 0 Å². The standard InChI is InChI=1S/C21H34N2O5/c1-5-9-21(20(25)26)10-11-23(15-18(21)24)14-16-7-6-8-17(27-4)19(16)28-13-12-22(2)3/h6-8,18,24H,5,9-15H2,1-4H3,(H,25,26)/t18-,21-/m0/s1. The van der Waals surface area contributed by atoms with Crippen LogP contribution >= 0.6 is 0 Å². The first kappa shape index (κ1) is 22.5. The minimum Gasteiger partial charge on any atom is -0.493 e. The molecule has 158 valence electrons. The van der Waals surface area contributed by atoms with E-state index >= 15 is 0 Å². The number of aliphatic carboxylic acids is 1. The molecule has 1 aromatic rings. The second-order valence-electron chi connectivity index (χ2n) is 7.81. The van der Waals surface area contributed by atoms with Gasteiger partial charge < -0.3 is 24.6 Å². The third kappa shape index (κ3) is 5.16.